The van der Waals surface area contributed by atoms with Crippen LogP contribution in [0.3, 0.4) is 0 Å². The molecule has 4 nitrogen and oxygen atoms in total. The number of hydrogen-bond donors (Lipinski definition) is 1. The third-order valence-electron chi connectivity index (χ3n) is 1.36. The van der Waals surface area contributed by atoms with E-state index in [9.17, 15) is 18.9 Å². The molecule has 70 valence electrons. The van der Waals surface area contributed by atoms with E-state index in [0.717, 1.165) is 0 Å². The summed E-state index contributed by atoms with van der Waals surface area (Å²) in [5, 5.41) is 10.2. The Morgan fingerprint density at radius 3 is 2.46 bits per heavy atom. The van der Waals surface area contributed by atoms with E-state index in [1.165, 1.54) is 0 Å². The van der Waals surface area contributed by atoms with E-state index in [4.69, 9.17) is 5.73 Å². The molecule has 0 radical (unpaired) electrons. The molecule has 0 atom stereocenters. The molecule has 7 heteroatoms. The maximum atomic E-state index is 12.8. The molecule has 0 unspecified atom stereocenters. The van der Waals surface area contributed by atoms with Crippen molar-refractivity contribution in [1.82, 2.24) is 0 Å². The van der Waals surface area contributed by atoms with Crippen molar-refractivity contribution in [2.24, 2.45) is 0 Å². The first-order valence-electron chi connectivity index (χ1n) is 3.02. The quantitative estimate of drug-likeness (QED) is 0.361. The van der Waals surface area contributed by atoms with Crippen molar-refractivity contribution in [1.29, 1.82) is 0 Å². The van der Waals surface area contributed by atoms with Gasteiger partial charge >= 0.3 is 5.69 Å². The van der Waals surface area contributed by atoms with Crippen LogP contribution in [0.1, 0.15) is 0 Å². The van der Waals surface area contributed by atoms with Gasteiger partial charge in [0.1, 0.15) is 11.5 Å². The second kappa shape index (κ2) is 3.25. The van der Waals surface area contributed by atoms with Crippen LogP contribution < -0.4 is 5.73 Å². The number of halogens is 3. The number of nitrogens with two attached hydrogens (primary N) is 1. The molecule has 1 aromatic carbocycles. The molecule has 0 aliphatic rings. The van der Waals surface area contributed by atoms with E-state index in [-0.39, 0.29) is 4.47 Å². The number of nitro benzene ring substituents is 1. The molecule has 1 aromatic rings. The van der Waals surface area contributed by atoms with Gasteiger partial charge in [0.2, 0.25) is 5.82 Å². The summed E-state index contributed by atoms with van der Waals surface area (Å²) in [6.45, 7) is 0. The van der Waals surface area contributed by atoms with E-state index >= 15 is 0 Å². The lowest BCUT2D eigenvalue weighted by Gasteiger charge is -2.01. The summed E-state index contributed by atoms with van der Waals surface area (Å²) in [4.78, 5) is 9.24. The zero-order valence-electron chi connectivity index (χ0n) is 6.05. The fourth-order valence-corrected chi connectivity index (χ4v) is 1.09. The van der Waals surface area contributed by atoms with Gasteiger partial charge in [0.05, 0.1) is 9.40 Å². The van der Waals surface area contributed by atoms with Crippen LogP contribution in [-0.2, 0) is 0 Å². The minimum Gasteiger partial charge on any atom is -0.392 e. The van der Waals surface area contributed by atoms with Crippen LogP contribution in [0.5, 0.6) is 0 Å². The third kappa shape index (κ3) is 1.59. The summed E-state index contributed by atoms with van der Waals surface area (Å²) in [6, 6.07) is 0.401. The molecular weight excluding hydrogens is 250 g/mol. The highest BCUT2D eigenvalue weighted by molar-refractivity contribution is 9.10. The zero-order valence-corrected chi connectivity index (χ0v) is 7.64. The maximum Gasteiger partial charge on any atom is 0.328 e. The van der Waals surface area contributed by atoms with E-state index in [2.05, 4.69) is 15.9 Å². The first-order valence-corrected chi connectivity index (χ1v) is 3.81. The molecule has 0 amide bonds. The molecule has 0 aliphatic heterocycles. The largest absolute Gasteiger partial charge is 0.392 e. The van der Waals surface area contributed by atoms with Crippen molar-refractivity contribution in [3.63, 3.8) is 0 Å². The molecule has 0 bridgehead atoms. The Hall–Kier alpha value is -1.24. The molecule has 13 heavy (non-hydrogen) atoms. The summed E-state index contributed by atoms with van der Waals surface area (Å²) < 4.78 is 25.1. The second-order valence-corrected chi connectivity index (χ2v) is 2.97. The van der Waals surface area contributed by atoms with Crippen molar-refractivity contribution in [2.45, 2.75) is 0 Å². The van der Waals surface area contributed by atoms with Gasteiger partial charge in [-0.25, -0.2) is 4.39 Å². The average Bonchev–Trinajstić information content (AvgIpc) is 1.99. The molecule has 0 aromatic heterocycles. The summed E-state index contributed by atoms with van der Waals surface area (Å²) >= 11 is 2.66. The first-order chi connectivity index (χ1) is 5.95. The van der Waals surface area contributed by atoms with Gasteiger partial charge in [0, 0.05) is 6.07 Å². The van der Waals surface area contributed by atoms with Crippen LogP contribution in [0, 0.1) is 21.7 Å². The van der Waals surface area contributed by atoms with E-state index < -0.39 is 27.9 Å². The van der Waals surface area contributed by atoms with E-state index in [0.29, 0.717) is 6.07 Å². The standard InChI is InChI=1S/C6H3BrF2N2O2/c7-4-2(8)1-3(9)6(5(4)10)11(12)13/h1H,10H2. The van der Waals surface area contributed by atoms with Crippen LogP contribution in [0.25, 0.3) is 0 Å². The summed E-state index contributed by atoms with van der Waals surface area (Å²) in [6.07, 6.45) is 0. The molecule has 0 heterocycles. The van der Waals surface area contributed by atoms with Crippen LogP contribution >= 0.6 is 15.9 Å². The van der Waals surface area contributed by atoms with Gasteiger partial charge in [-0.15, -0.1) is 0 Å². The van der Waals surface area contributed by atoms with Gasteiger partial charge in [0.15, 0.2) is 0 Å². The minimum absolute atomic E-state index is 0.305. The fraction of sp³-hybridized carbons (Fsp3) is 0. The van der Waals surface area contributed by atoms with Crippen molar-refractivity contribution in [3.05, 3.63) is 32.3 Å². The molecule has 0 spiro atoms. The number of hydrogen-bond acceptors (Lipinski definition) is 3. The number of benzene rings is 1. The molecule has 1 rings (SSSR count). The van der Waals surface area contributed by atoms with Crippen LogP contribution in [0.4, 0.5) is 20.2 Å². The normalized spacial score (nSPS) is 10.1. The number of nitrogens with zero attached hydrogens (tertiary/aromatic N) is 1. The number of nitrogen functional groups attached to an aromatic ring is 1. The molecule has 0 saturated heterocycles. The molecule has 0 aliphatic carbocycles. The minimum atomic E-state index is -1.29. The Bertz CT molecular complexity index is 383. The van der Waals surface area contributed by atoms with E-state index in [1.54, 1.807) is 0 Å². The van der Waals surface area contributed by atoms with Crippen molar-refractivity contribution in [2.75, 3.05) is 5.73 Å². The van der Waals surface area contributed by atoms with Crippen LogP contribution in [0.15, 0.2) is 10.5 Å². The lowest BCUT2D eigenvalue weighted by Crippen LogP contribution is -2.01. The maximum absolute atomic E-state index is 12.8. The van der Waals surface area contributed by atoms with Gasteiger partial charge in [-0.3, -0.25) is 10.1 Å². The topological polar surface area (TPSA) is 69.2 Å². The number of nitro groups is 1. The lowest BCUT2D eigenvalue weighted by molar-refractivity contribution is -0.386. The van der Waals surface area contributed by atoms with Crippen molar-refractivity contribution in [3.8, 4) is 0 Å². The van der Waals surface area contributed by atoms with Crippen LogP contribution in [-0.4, -0.2) is 4.92 Å². The van der Waals surface area contributed by atoms with Gasteiger partial charge in [-0.2, -0.15) is 4.39 Å². The van der Waals surface area contributed by atoms with Gasteiger partial charge in [0.25, 0.3) is 0 Å². The second-order valence-electron chi connectivity index (χ2n) is 2.17. The van der Waals surface area contributed by atoms with Crippen molar-refractivity contribution >= 4 is 27.3 Å². The molecular formula is C6H3BrF2N2O2. The average molecular weight is 253 g/mol. The Balaban J connectivity index is 3.53. The molecule has 2 N–H and O–H groups in total. The first kappa shape index (κ1) is 9.85. The highest BCUT2D eigenvalue weighted by atomic mass is 79.9. The van der Waals surface area contributed by atoms with Crippen molar-refractivity contribution < 1.29 is 13.7 Å². The third-order valence-corrected chi connectivity index (χ3v) is 2.17. The van der Waals surface area contributed by atoms with E-state index in [1.807, 2.05) is 0 Å². The number of anilines is 1. The smallest absolute Gasteiger partial charge is 0.328 e. The molecule has 0 fully saturated rings. The van der Waals surface area contributed by atoms with Gasteiger partial charge in [-0.05, 0) is 15.9 Å². The molecule has 0 saturated carbocycles. The van der Waals surface area contributed by atoms with Crippen LogP contribution in [0.2, 0.25) is 0 Å². The SMILES string of the molecule is Nc1c(Br)c(F)cc(F)c1[N+](=O)[O-]. The zero-order chi connectivity index (χ0) is 10.2. The highest BCUT2D eigenvalue weighted by Gasteiger charge is 2.23. The summed E-state index contributed by atoms with van der Waals surface area (Å²) in [7, 11) is 0. The highest BCUT2D eigenvalue weighted by Crippen LogP contribution is 2.34. The Morgan fingerprint density at radius 2 is 2.00 bits per heavy atom. The predicted molar refractivity (Wildman–Crippen MR) is 45.1 cm³/mol. The Labute approximate surface area is 79.6 Å². The van der Waals surface area contributed by atoms with Gasteiger partial charge < -0.3 is 5.73 Å². The summed E-state index contributed by atoms with van der Waals surface area (Å²) in [5.41, 5.74) is 3.64. The monoisotopic (exact) mass is 252 g/mol. The summed E-state index contributed by atoms with van der Waals surface area (Å²) in [5.74, 6) is -2.26. The predicted octanol–water partition coefficient (Wildman–Crippen LogP) is 2.22. The Morgan fingerprint density at radius 1 is 1.46 bits per heavy atom. The van der Waals surface area contributed by atoms with Gasteiger partial charge in [-0.1, -0.05) is 0 Å². The fourth-order valence-electron chi connectivity index (χ4n) is 0.790. The Kier molecular flexibility index (Phi) is 2.46. The number of rotatable bonds is 1. The lowest BCUT2D eigenvalue weighted by atomic mass is 10.2.